The van der Waals surface area contributed by atoms with Gasteiger partial charge in [-0.05, 0) is 24.3 Å². The quantitative estimate of drug-likeness (QED) is 0.576. The standard InChI is InChI=1S/C16H12N4O3S/c1-24(21,22)23-15-8-10(4-7-18-15)13-3-2-11-12-9-17-6-5-14(12)20-16(11)19-13/h2-9H,1H3,(H,19,20). The zero-order chi connectivity index (χ0) is 16.7. The van der Waals surface area contributed by atoms with Crippen LogP contribution in [0.15, 0.2) is 48.9 Å². The molecule has 0 bridgehead atoms. The van der Waals surface area contributed by atoms with Crippen LogP contribution in [0.3, 0.4) is 0 Å². The Morgan fingerprint density at radius 2 is 1.96 bits per heavy atom. The van der Waals surface area contributed by atoms with E-state index in [1.54, 1.807) is 24.5 Å². The zero-order valence-electron chi connectivity index (χ0n) is 12.6. The second kappa shape index (κ2) is 5.27. The number of nitrogens with one attached hydrogen (secondary N) is 1. The molecule has 0 aliphatic heterocycles. The molecule has 0 amide bonds. The summed E-state index contributed by atoms with van der Waals surface area (Å²) in [5.74, 6) is 0.0118. The van der Waals surface area contributed by atoms with Crippen molar-refractivity contribution >= 4 is 32.1 Å². The lowest BCUT2D eigenvalue weighted by molar-refractivity contribution is 0.483. The van der Waals surface area contributed by atoms with Gasteiger partial charge in [-0.25, -0.2) is 9.97 Å². The van der Waals surface area contributed by atoms with E-state index in [-0.39, 0.29) is 5.88 Å². The van der Waals surface area contributed by atoms with Gasteiger partial charge in [0.1, 0.15) is 5.65 Å². The molecule has 4 aromatic heterocycles. The summed E-state index contributed by atoms with van der Waals surface area (Å²) in [7, 11) is -3.62. The van der Waals surface area contributed by atoms with Crippen LogP contribution in [0, 0.1) is 0 Å². The molecule has 0 atom stereocenters. The lowest BCUT2D eigenvalue weighted by Gasteiger charge is -2.04. The third-order valence-corrected chi connectivity index (χ3v) is 4.00. The van der Waals surface area contributed by atoms with Crippen LogP contribution in [-0.2, 0) is 10.1 Å². The Kier molecular flexibility index (Phi) is 3.20. The van der Waals surface area contributed by atoms with Gasteiger partial charge < -0.3 is 9.17 Å². The van der Waals surface area contributed by atoms with Gasteiger partial charge in [-0.2, -0.15) is 8.42 Å². The molecule has 0 radical (unpaired) electrons. The molecule has 8 heteroatoms. The number of hydrogen-bond acceptors (Lipinski definition) is 6. The Balaban J connectivity index is 1.82. The minimum Gasteiger partial charge on any atom is -0.362 e. The highest BCUT2D eigenvalue weighted by atomic mass is 32.2. The molecule has 4 heterocycles. The van der Waals surface area contributed by atoms with Crippen LogP contribution in [0.2, 0.25) is 0 Å². The van der Waals surface area contributed by atoms with E-state index in [0.29, 0.717) is 11.3 Å². The molecule has 0 spiro atoms. The molecule has 1 N–H and O–H groups in total. The predicted octanol–water partition coefficient (Wildman–Crippen LogP) is 2.51. The monoisotopic (exact) mass is 340 g/mol. The largest absolute Gasteiger partial charge is 0.362 e. The smallest absolute Gasteiger partial charge is 0.307 e. The Bertz CT molecular complexity index is 1170. The first-order valence-corrected chi connectivity index (χ1v) is 8.90. The first-order chi connectivity index (χ1) is 11.5. The van der Waals surface area contributed by atoms with E-state index in [1.807, 2.05) is 18.2 Å². The third-order valence-electron chi connectivity index (χ3n) is 3.53. The lowest BCUT2D eigenvalue weighted by Crippen LogP contribution is -2.06. The van der Waals surface area contributed by atoms with E-state index in [2.05, 4.69) is 19.9 Å². The second-order valence-electron chi connectivity index (χ2n) is 5.31. The number of pyridine rings is 3. The Morgan fingerprint density at radius 1 is 1.08 bits per heavy atom. The molecule has 0 aliphatic rings. The number of hydrogen-bond donors (Lipinski definition) is 1. The summed E-state index contributed by atoms with van der Waals surface area (Å²) in [5, 5.41) is 1.98. The summed E-state index contributed by atoms with van der Waals surface area (Å²) in [6.07, 6.45) is 5.97. The molecule has 0 saturated carbocycles. The van der Waals surface area contributed by atoms with Crippen molar-refractivity contribution in [2.45, 2.75) is 0 Å². The molecule has 24 heavy (non-hydrogen) atoms. The van der Waals surface area contributed by atoms with Gasteiger partial charge in [-0.1, -0.05) is 0 Å². The number of rotatable bonds is 3. The van der Waals surface area contributed by atoms with Crippen LogP contribution < -0.4 is 4.18 Å². The van der Waals surface area contributed by atoms with Crippen molar-refractivity contribution in [3.8, 4) is 17.1 Å². The maximum Gasteiger partial charge on any atom is 0.307 e. The van der Waals surface area contributed by atoms with E-state index < -0.39 is 10.1 Å². The summed E-state index contributed by atoms with van der Waals surface area (Å²) < 4.78 is 27.3. The summed E-state index contributed by atoms with van der Waals surface area (Å²) in [6.45, 7) is 0. The van der Waals surface area contributed by atoms with E-state index in [9.17, 15) is 8.42 Å². The summed E-state index contributed by atoms with van der Waals surface area (Å²) in [6, 6.07) is 8.99. The van der Waals surface area contributed by atoms with Gasteiger partial charge in [0.2, 0.25) is 5.88 Å². The van der Waals surface area contributed by atoms with Crippen LogP contribution in [0.4, 0.5) is 0 Å². The third kappa shape index (κ3) is 2.67. The van der Waals surface area contributed by atoms with Crippen molar-refractivity contribution in [2.24, 2.45) is 0 Å². The normalized spacial score (nSPS) is 11.9. The number of H-pyrrole nitrogens is 1. The maximum atomic E-state index is 11.2. The van der Waals surface area contributed by atoms with Crippen molar-refractivity contribution in [1.82, 2.24) is 19.9 Å². The number of fused-ring (bicyclic) bond motifs is 3. The van der Waals surface area contributed by atoms with Gasteiger partial charge in [0.15, 0.2) is 0 Å². The van der Waals surface area contributed by atoms with Crippen molar-refractivity contribution in [3.05, 3.63) is 48.9 Å². The Hall–Kier alpha value is -3.00. The maximum absolute atomic E-state index is 11.2. The summed E-state index contributed by atoms with van der Waals surface area (Å²) in [4.78, 5) is 15.9. The van der Waals surface area contributed by atoms with E-state index in [0.717, 1.165) is 28.2 Å². The average Bonchev–Trinajstić information content (AvgIpc) is 2.91. The highest BCUT2D eigenvalue weighted by molar-refractivity contribution is 7.86. The molecule has 4 rings (SSSR count). The molecule has 7 nitrogen and oxygen atoms in total. The van der Waals surface area contributed by atoms with Crippen molar-refractivity contribution in [1.29, 1.82) is 0 Å². The van der Waals surface area contributed by atoms with Crippen molar-refractivity contribution in [3.63, 3.8) is 0 Å². The van der Waals surface area contributed by atoms with Gasteiger partial charge in [-0.3, -0.25) is 4.98 Å². The molecule has 0 aromatic carbocycles. The summed E-state index contributed by atoms with van der Waals surface area (Å²) in [5.41, 5.74) is 3.09. The highest BCUT2D eigenvalue weighted by Crippen LogP contribution is 2.27. The minimum atomic E-state index is -3.62. The second-order valence-corrected chi connectivity index (χ2v) is 6.88. The van der Waals surface area contributed by atoms with Gasteiger partial charge in [0.25, 0.3) is 0 Å². The SMILES string of the molecule is CS(=O)(=O)Oc1cc(-c2ccc3c(n2)[nH]c2ccncc23)ccn1. The van der Waals surface area contributed by atoms with E-state index in [4.69, 9.17) is 4.18 Å². The number of aromatic amines is 1. The molecule has 120 valence electrons. The van der Waals surface area contributed by atoms with Crippen LogP contribution in [0.5, 0.6) is 5.88 Å². The molecule has 0 saturated heterocycles. The highest BCUT2D eigenvalue weighted by Gasteiger charge is 2.10. The van der Waals surface area contributed by atoms with Gasteiger partial charge in [0, 0.05) is 41.0 Å². The molecular formula is C16H12N4O3S. The Labute approximate surface area is 137 Å². The predicted molar refractivity (Wildman–Crippen MR) is 90.1 cm³/mol. The topological polar surface area (TPSA) is 97.8 Å². The molecular weight excluding hydrogens is 328 g/mol. The number of aromatic nitrogens is 4. The fraction of sp³-hybridized carbons (Fsp3) is 0.0625. The Morgan fingerprint density at radius 3 is 2.79 bits per heavy atom. The van der Waals surface area contributed by atoms with E-state index >= 15 is 0 Å². The lowest BCUT2D eigenvalue weighted by atomic mass is 10.1. The van der Waals surface area contributed by atoms with Crippen LogP contribution >= 0.6 is 0 Å². The van der Waals surface area contributed by atoms with Gasteiger partial charge >= 0.3 is 10.1 Å². The fourth-order valence-corrected chi connectivity index (χ4v) is 2.95. The number of nitrogens with zero attached hydrogens (tertiary/aromatic N) is 3. The first-order valence-electron chi connectivity index (χ1n) is 7.08. The molecule has 0 aliphatic carbocycles. The average molecular weight is 340 g/mol. The first kappa shape index (κ1) is 14.6. The van der Waals surface area contributed by atoms with Crippen LogP contribution in [0.1, 0.15) is 0 Å². The zero-order valence-corrected chi connectivity index (χ0v) is 13.4. The van der Waals surface area contributed by atoms with Crippen molar-refractivity contribution < 1.29 is 12.6 Å². The van der Waals surface area contributed by atoms with E-state index in [1.165, 1.54) is 6.20 Å². The van der Waals surface area contributed by atoms with Crippen LogP contribution in [-0.4, -0.2) is 34.6 Å². The van der Waals surface area contributed by atoms with Gasteiger partial charge in [-0.15, -0.1) is 0 Å². The van der Waals surface area contributed by atoms with Crippen LogP contribution in [0.25, 0.3) is 33.2 Å². The molecule has 4 aromatic rings. The van der Waals surface area contributed by atoms with Gasteiger partial charge in [0.05, 0.1) is 17.5 Å². The van der Waals surface area contributed by atoms with Crippen molar-refractivity contribution in [2.75, 3.05) is 6.26 Å². The minimum absolute atomic E-state index is 0.0118. The molecule has 0 unspecified atom stereocenters. The molecule has 0 fully saturated rings. The fourth-order valence-electron chi connectivity index (χ4n) is 2.55. The summed E-state index contributed by atoms with van der Waals surface area (Å²) >= 11 is 0.